The van der Waals surface area contributed by atoms with Gasteiger partial charge in [-0.05, 0) is 42.0 Å². The number of aromatic nitrogens is 2. The molecule has 1 atom stereocenters. The van der Waals surface area contributed by atoms with Crippen molar-refractivity contribution in [3.8, 4) is 17.6 Å². The number of amides is 1. The third-order valence-corrected chi connectivity index (χ3v) is 4.10. The van der Waals surface area contributed by atoms with Crippen LogP contribution in [0.5, 0.6) is 5.88 Å². The maximum atomic E-state index is 13.1. The zero-order valence-electron chi connectivity index (χ0n) is 14.9. The largest absolute Gasteiger partial charge is 0.493 e. The Balaban J connectivity index is 1.86. The number of carboxylic acids is 1. The highest BCUT2D eigenvalue weighted by Gasteiger charge is 2.22. The molecule has 29 heavy (non-hydrogen) atoms. The molecule has 0 radical (unpaired) electrons. The van der Waals surface area contributed by atoms with Gasteiger partial charge in [-0.25, -0.2) is 9.07 Å². The van der Waals surface area contributed by atoms with Crippen LogP contribution in [0.4, 0.5) is 4.39 Å². The smallest absolute Gasteiger partial charge is 0.305 e. The molecular formula is C20H15FN4O4. The summed E-state index contributed by atoms with van der Waals surface area (Å²) in [6, 6.07) is 13.5. The maximum Gasteiger partial charge on any atom is 0.305 e. The van der Waals surface area contributed by atoms with Gasteiger partial charge in [0.05, 0.1) is 29.8 Å². The number of nitriles is 1. The minimum absolute atomic E-state index is 0.154. The molecule has 2 aromatic carbocycles. The van der Waals surface area contributed by atoms with E-state index in [1.165, 1.54) is 30.3 Å². The number of nitrogens with one attached hydrogen (secondary N) is 1. The van der Waals surface area contributed by atoms with Crippen molar-refractivity contribution in [2.45, 2.75) is 12.5 Å². The SMILES string of the molecule is N#Cc1cccc([C@H](CC(=O)O)NC(=O)c2cc(O)n(-c3ccc(F)cc3)n2)c1. The fourth-order valence-corrected chi connectivity index (χ4v) is 2.74. The normalized spacial score (nSPS) is 11.4. The van der Waals surface area contributed by atoms with E-state index >= 15 is 0 Å². The van der Waals surface area contributed by atoms with Crippen LogP contribution in [-0.4, -0.2) is 31.9 Å². The topological polar surface area (TPSA) is 128 Å². The van der Waals surface area contributed by atoms with Crippen molar-refractivity contribution in [1.29, 1.82) is 5.26 Å². The molecule has 1 heterocycles. The molecule has 0 aliphatic heterocycles. The second-order valence-electron chi connectivity index (χ2n) is 6.14. The molecule has 146 valence electrons. The number of aromatic hydroxyl groups is 1. The van der Waals surface area contributed by atoms with Crippen LogP contribution in [0, 0.1) is 17.1 Å². The van der Waals surface area contributed by atoms with Gasteiger partial charge >= 0.3 is 5.97 Å². The predicted molar refractivity (Wildman–Crippen MR) is 98.8 cm³/mol. The van der Waals surface area contributed by atoms with Crippen LogP contribution in [0.3, 0.4) is 0 Å². The highest BCUT2D eigenvalue weighted by Crippen LogP contribution is 2.21. The van der Waals surface area contributed by atoms with Gasteiger partial charge in [-0.3, -0.25) is 9.59 Å². The Morgan fingerprint density at radius 3 is 2.59 bits per heavy atom. The zero-order valence-corrected chi connectivity index (χ0v) is 14.9. The average molecular weight is 394 g/mol. The monoisotopic (exact) mass is 394 g/mol. The second kappa shape index (κ2) is 8.22. The number of hydrogen-bond donors (Lipinski definition) is 3. The van der Waals surface area contributed by atoms with Gasteiger partial charge < -0.3 is 15.5 Å². The van der Waals surface area contributed by atoms with Crippen LogP contribution < -0.4 is 5.32 Å². The van der Waals surface area contributed by atoms with Gasteiger partial charge in [0.1, 0.15) is 5.82 Å². The molecular weight excluding hydrogens is 379 g/mol. The lowest BCUT2D eigenvalue weighted by atomic mass is 10.0. The second-order valence-corrected chi connectivity index (χ2v) is 6.14. The summed E-state index contributed by atoms with van der Waals surface area (Å²) in [6.45, 7) is 0. The van der Waals surface area contributed by atoms with Crippen LogP contribution in [-0.2, 0) is 4.79 Å². The number of rotatable bonds is 6. The fourth-order valence-electron chi connectivity index (χ4n) is 2.74. The molecule has 0 aliphatic rings. The van der Waals surface area contributed by atoms with Gasteiger partial charge in [0.2, 0.25) is 5.88 Å². The minimum atomic E-state index is -1.14. The number of carbonyl (C=O) groups is 2. The summed E-state index contributed by atoms with van der Waals surface area (Å²) in [5.41, 5.74) is 0.956. The van der Waals surface area contributed by atoms with Crippen molar-refractivity contribution in [3.63, 3.8) is 0 Å². The predicted octanol–water partition coefficient (Wildman–Crippen LogP) is 2.53. The number of nitrogens with zero attached hydrogens (tertiary/aromatic N) is 3. The van der Waals surface area contributed by atoms with Gasteiger partial charge in [0.15, 0.2) is 5.69 Å². The number of carboxylic acid groups (broad SMARTS) is 1. The summed E-state index contributed by atoms with van der Waals surface area (Å²) in [7, 11) is 0. The molecule has 0 saturated heterocycles. The molecule has 8 nitrogen and oxygen atoms in total. The summed E-state index contributed by atoms with van der Waals surface area (Å²) in [6.07, 6.45) is -0.411. The molecule has 3 rings (SSSR count). The van der Waals surface area contributed by atoms with Crippen molar-refractivity contribution < 1.29 is 24.2 Å². The van der Waals surface area contributed by atoms with Gasteiger partial charge in [0.25, 0.3) is 5.91 Å². The standard InChI is InChI=1S/C20H15FN4O4/c21-14-4-6-15(7-5-14)25-18(26)9-17(24-25)20(29)23-16(10-19(27)28)13-3-1-2-12(8-13)11-22/h1-9,16,26H,10H2,(H,23,29)(H,27,28)/t16-/m0/s1. The van der Waals surface area contributed by atoms with Crippen LogP contribution >= 0.6 is 0 Å². The van der Waals surface area contributed by atoms with Gasteiger partial charge in [-0.2, -0.15) is 10.4 Å². The quantitative estimate of drug-likeness (QED) is 0.589. The van der Waals surface area contributed by atoms with E-state index in [0.29, 0.717) is 16.8 Å². The zero-order chi connectivity index (χ0) is 21.0. The fraction of sp³-hybridized carbons (Fsp3) is 0.100. The van der Waals surface area contributed by atoms with Crippen LogP contribution in [0.1, 0.15) is 34.1 Å². The number of carbonyl (C=O) groups excluding carboxylic acids is 1. The molecule has 0 aliphatic carbocycles. The molecule has 0 unspecified atom stereocenters. The van der Waals surface area contributed by atoms with E-state index in [9.17, 15) is 19.1 Å². The van der Waals surface area contributed by atoms with Gasteiger partial charge in [0, 0.05) is 6.07 Å². The summed E-state index contributed by atoms with van der Waals surface area (Å²) in [4.78, 5) is 23.8. The molecule has 1 amide bonds. The Labute approximate surface area is 164 Å². The third-order valence-electron chi connectivity index (χ3n) is 4.10. The Morgan fingerprint density at radius 1 is 1.21 bits per heavy atom. The first-order chi connectivity index (χ1) is 13.9. The first-order valence-corrected chi connectivity index (χ1v) is 8.45. The van der Waals surface area contributed by atoms with E-state index in [1.807, 2.05) is 6.07 Å². The highest BCUT2D eigenvalue weighted by molar-refractivity contribution is 5.93. The summed E-state index contributed by atoms with van der Waals surface area (Å²) >= 11 is 0. The van der Waals surface area contributed by atoms with E-state index in [4.69, 9.17) is 10.4 Å². The third kappa shape index (κ3) is 4.56. The molecule has 0 spiro atoms. The van der Waals surface area contributed by atoms with Crippen molar-refractivity contribution >= 4 is 11.9 Å². The molecule has 3 N–H and O–H groups in total. The molecule has 0 fully saturated rings. The maximum absolute atomic E-state index is 13.1. The molecule has 0 saturated carbocycles. The lowest BCUT2D eigenvalue weighted by Crippen LogP contribution is -2.30. The van der Waals surface area contributed by atoms with E-state index in [0.717, 1.165) is 10.7 Å². The molecule has 9 heteroatoms. The molecule has 0 bridgehead atoms. The van der Waals surface area contributed by atoms with Crippen molar-refractivity contribution in [3.05, 3.63) is 77.2 Å². The first-order valence-electron chi connectivity index (χ1n) is 8.45. The Bertz CT molecular complexity index is 1100. The van der Waals surface area contributed by atoms with Crippen LogP contribution in [0.2, 0.25) is 0 Å². The van der Waals surface area contributed by atoms with Crippen molar-refractivity contribution in [1.82, 2.24) is 15.1 Å². The van der Waals surface area contributed by atoms with E-state index in [-0.39, 0.29) is 11.6 Å². The van der Waals surface area contributed by atoms with Crippen LogP contribution in [0.25, 0.3) is 5.69 Å². The number of halogens is 1. The lowest BCUT2D eigenvalue weighted by molar-refractivity contribution is -0.137. The summed E-state index contributed by atoms with van der Waals surface area (Å²) in [5.74, 6) is -2.66. The number of hydrogen-bond acceptors (Lipinski definition) is 5. The number of benzene rings is 2. The lowest BCUT2D eigenvalue weighted by Gasteiger charge is -2.17. The van der Waals surface area contributed by atoms with E-state index in [2.05, 4.69) is 10.4 Å². The van der Waals surface area contributed by atoms with E-state index < -0.39 is 30.2 Å². The van der Waals surface area contributed by atoms with Crippen molar-refractivity contribution in [2.75, 3.05) is 0 Å². The summed E-state index contributed by atoms with van der Waals surface area (Å²) < 4.78 is 14.1. The Kier molecular flexibility index (Phi) is 5.55. The highest BCUT2D eigenvalue weighted by atomic mass is 19.1. The summed E-state index contributed by atoms with van der Waals surface area (Å²) in [5, 5.41) is 34.8. The first kappa shape index (κ1) is 19.6. The minimum Gasteiger partial charge on any atom is -0.493 e. The number of aliphatic carboxylic acids is 1. The van der Waals surface area contributed by atoms with Crippen molar-refractivity contribution in [2.24, 2.45) is 0 Å². The Hall–Kier alpha value is -4.19. The average Bonchev–Trinajstić information content (AvgIpc) is 3.09. The molecule has 1 aromatic heterocycles. The van der Waals surface area contributed by atoms with Gasteiger partial charge in [-0.1, -0.05) is 12.1 Å². The van der Waals surface area contributed by atoms with E-state index in [1.54, 1.807) is 18.2 Å². The van der Waals surface area contributed by atoms with Gasteiger partial charge in [-0.15, -0.1) is 0 Å². The van der Waals surface area contributed by atoms with Crippen LogP contribution in [0.15, 0.2) is 54.6 Å². The Morgan fingerprint density at radius 2 is 1.93 bits per heavy atom. The molecule has 3 aromatic rings.